The summed E-state index contributed by atoms with van der Waals surface area (Å²) in [5, 5.41) is 1.70. The molecular formula is C76H66N4OPt-2. The maximum absolute atomic E-state index is 10.4. The van der Waals surface area contributed by atoms with E-state index < -0.39 is 156 Å². The molecule has 0 spiro atoms. The molecule has 4 heterocycles. The molecule has 0 fully saturated rings. The van der Waals surface area contributed by atoms with Crippen molar-refractivity contribution in [3.05, 3.63) is 235 Å². The molecular weight excluding hydrogens is 1180 g/mol. The minimum Gasteiger partial charge on any atom is -0.510 e. The van der Waals surface area contributed by atoms with Gasteiger partial charge >= 0.3 is 0 Å². The Kier molecular flexibility index (Phi) is 7.34. The van der Waals surface area contributed by atoms with E-state index in [0.717, 1.165) is 33.5 Å². The average molecular weight is 1270 g/mol. The second-order valence-electron chi connectivity index (χ2n) is 22.5. The molecule has 408 valence electrons. The van der Waals surface area contributed by atoms with Crippen molar-refractivity contribution in [1.29, 1.82) is 0 Å². The second-order valence-corrected chi connectivity index (χ2v) is 22.5. The zero-order valence-electron chi connectivity index (χ0n) is 72.1. The summed E-state index contributed by atoms with van der Waals surface area (Å²) < 4.78 is 266. The van der Waals surface area contributed by atoms with Gasteiger partial charge < -0.3 is 13.9 Å². The van der Waals surface area contributed by atoms with Crippen LogP contribution in [0, 0.1) is 18.5 Å². The first-order chi connectivity index (χ1) is 50.0. The standard InChI is InChI=1S/C76H66N4O.Pt/c1-73(2,3)51-32-29-48(30-33-51)56-26-18-27-63-59-23-13-11-21-57(59)58-22-12-14-24-60(58)64-41-50(49-31-36-65-66(42-49)76(9,10)39-38-75(65,7)8)43-69-72(64)79(71(56)63)47-78(69)53-19-17-20-54(45-53)81-55-34-35-62-61-25-15-16-28-67(61)80(68(62)46-55)70-44-52(37-40-77-70)74(4,5)6;/h11-37,40-44H,38-39H2,1-10H3;/q-2;/i7D3,8D3,9D3,10D3,11D,12D,13D,14D,21D,22D,23D,24D,31D,36D,38D2,39D2,42D;. The van der Waals surface area contributed by atoms with E-state index >= 15 is 0 Å². The third-order valence-electron chi connectivity index (χ3n) is 15.1. The number of pyridine rings is 1. The van der Waals surface area contributed by atoms with Crippen molar-refractivity contribution in [3.8, 4) is 84.3 Å². The smallest absolute Gasteiger partial charge is 0.268 e. The van der Waals surface area contributed by atoms with Crippen molar-refractivity contribution >= 4 is 32.8 Å². The van der Waals surface area contributed by atoms with Crippen molar-refractivity contribution in [2.24, 2.45) is 0 Å². The predicted molar refractivity (Wildman–Crippen MR) is 333 cm³/mol. The summed E-state index contributed by atoms with van der Waals surface area (Å²) >= 11 is 0. The summed E-state index contributed by atoms with van der Waals surface area (Å²) in [6.45, 7) is -5.27. The molecule has 0 saturated heterocycles. The maximum Gasteiger partial charge on any atom is 0.268 e. The fourth-order valence-corrected chi connectivity index (χ4v) is 11.0. The Balaban J connectivity index is 0.0000105. The van der Waals surface area contributed by atoms with Gasteiger partial charge in [-0.1, -0.05) is 208 Å². The number of imidazole rings is 1. The molecule has 0 bridgehead atoms. The number of benzene rings is 9. The summed E-state index contributed by atoms with van der Waals surface area (Å²) in [6.07, 6.45) is -4.17. The fourth-order valence-electron chi connectivity index (χ4n) is 11.0. The van der Waals surface area contributed by atoms with Gasteiger partial charge in [-0.3, -0.25) is 4.57 Å². The van der Waals surface area contributed by atoms with Crippen molar-refractivity contribution in [2.75, 3.05) is 0 Å². The number of hydrogen-bond acceptors (Lipinski definition) is 2. The summed E-state index contributed by atoms with van der Waals surface area (Å²) in [4.78, 5) is 4.81. The van der Waals surface area contributed by atoms with Gasteiger partial charge in [0, 0.05) is 66.2 Å². The molecule has 82 heavy (non-hydrogen) atoms. The third-order valence-corrected chi connectivity index (χ3v) is 15.1. The number of hydrogen-bond donors (Lipinski definition) is 0. The molecule has 9 aromatic carbocycles. The van der Waals surface area contributed by atoms with Gasteiger partial charge in [0.15, 0.2) is 0 Å². The molecule has 3 aromatic heterocycles. The molecule has 0 saturated carbocycles. The van der Waals surface area contributed by atoms with Crippen LogP contribution in [0.2, 0.25) is 0 Å². The quantitative estimate of drug-likeness (QED) is 0.123. The van der Waals surface area contributed by atoms with Crippen molar-refractivity contribution < 1.29 is 67.4 Å². The molecule has 0 atom stereocenters. The number of rotatable bonds is 6. The number of fused-ring (bicyclic) bond motifs is 11. The first-order valence-corrected chi connectivity index (χ1v) is 26.3. The van der Waals surface area contributed by atoms with E-state index in [1.165, 1.54) is 15.2 Å². The Morgan fingerprint density at radius 1 is 0.573 bits per heavy atom. The van der Waals surface area contributed by atoms with E-state index in [1.54, 1.807) is 48.7 Å². The Morgan fingerprint density at radius 2 is 1.23 bits per heavy atom. The van der Waals surface area contributed by atoms with Crippen molar-refractivity contribution in [1.82, 2.24) is 14.1 Å². The first-order valence-electron chi connectivity index (χ1n) is 39.8. The van der Waals surface area contributed by atoms with Crippen LogP contribution in [0.5, 0.6) is 11.5 Å². The zero-order valence-corrected chi connectivity index (χ0v) is 47.4. The van der Waals surface area contributed by atoms with Crippen molar-refractivity contribution in [2.45, 2.75) is 103 Å². The molecule has 12 aromatic rings. The normalized spacial score (nSPS) is 20.8. The maximum atomic E-state index is 10.4. The monoisotopic (exact) mass is 1270 g/mol. The van der Waals surface area contributed by atoms with E-state index in [2.05, 4.69) is 39.2 Å². The van der Waals surface area contributed by atoms with Gasteiger partial charge in [-0.15, -0.1) is 29.7 Å². The molecule has 0 N–H and O–H groups in total. The Labute approximate surface area is 535 Å². The first kappa shape index (κ1) is 30.8. The van der Waals surface area contributed by atoms with Crippen molar-refractivity contribution in [3.63, 3.8) is 0 Å². The van der Waals surface area contributed by atoms with E-state index in [4.69, 9.17) is 26.2 Å². The zero-order chi connectivity index (χ0) is 78.9. The summed E-state index contributed by atoms with van der Waals surface area (Å²) in [5.74, 6) is 0.824. The Morgan fingerprint density at radius 3 is 1.95 bits per heavy atom. The molecule has 2 aliphatic rings. The summed E-state index contributed by atoms with van der Waals surface area (Å²) in [7, 11) is 0. The molecule has 0 amide bonds. The van der Waals surface area contributed by atoms with E-state index in [1.807, 2.05) is 92.1 Å². The largest absolute Gasteiger partial charge is 0.510 e. The van der Waals surface area contributed by atoms with Gasteiger partial charge in [0.1, 0.15) is 5.82 Å². The Hall–Kier alpha value is -8.11. The fraction of sp³-hybridized carbons (Fsp3) is 0.211. The van der Waals surface area contributed by atoms with Crippen LogP contribution in [0.15, 0.2) is 194 Å². The van der Waals surface area contributed by atoms with Crippen LogP contribution >= 0.6 is 0 Å². The molecule has 1 aliphatic carbocycles. The number of nitrogens with zero attached hydrogens (tertiary/aromatic N) is 4. The van der Waals surface area contributed by atoms with E-state index in [0.29, 0.717) is 22.5 Å². The van der Waals surface area contributed by atoms with Gasteiger partial charge in [-0.25, -0.2) is 4.98 Å². The molecule has 0 unspecified atom stereocenters. The minimum absolute atomic E-state index is 0. The molecule has 1 aliphatic heterocycles. The van der Waals surface area contributed by atoms with Crippen LogP contribution in [0.3, 0.4) is 0 Å². The summed E-state index contributed by atoms with van der Waals surface area (Å²) in [5.41, 5.74) is -12.7. The van der Waals surface area contributed by atoms with Gasteiger partial charge in [0.2, 0.25) is 0 Å². The van der Waals surface area contributed by atoms with Crippen LogP contribution in [0.25, 0.3) is 106 Å². The topological polar surface area (TPSA) is 35.9 Å². The van der Waals surface area contributed by atoms with Gasteiger partial charge in [-0.2, -0.15) is 18.2 Å². The SMILES string of the molecule is [2H]c1c([2H])c([2H])c2c(c1[2H])-c1cccc(-c3ccc(C(C)(C)C)cc3)c1-[n+]1[c-]n(-c3[c-]c(Oc4[c-]c5c(cc4)c4ccccc4n5-c4cc(C(C)(C)C)ccn4)ccc3)c3cc(-c4c([2H])c([2H])c5c(c4[2H])C(C([2H])([2H])[2H])(C([2H])([2H])[2H])C([2H])([2H])C([2H])([2H])C5(C([2H])([2H])[2H])C([2H])([2H])[2H])cc(c31)-c1c([2H])c([2H])c([2H])c([2H])c1-2.[Pt]. The van der Waals surface area contributed by atoms with Crippen LogP contribution in [-0.2, 0) is 42.7 Å². The van der Waals surface area contributed by atoms with Crippen LogP contribution < -0.4 is 9.30 Å². The summed E-state index contributed by atoms with van der Waals surface area (Å²) in [6, 6.07) is 30.5. The van der Waals surface area contributed by atoms with Gasteiger partial charge in [0.05, 0.1) is 31.8 Å². The van der Waals surface area contributed by atoms with Gasteiger partial charge in [-0.05, 0) is 148 Å². The molecule has 6 heteroatoms. The molecule has 14 rings (SSSR count). The number of para-hydroxylation sites is 2. The number of aromatic nitrogens is 4. The van der Waals surface area contributed by atoms with E-state index in [-0.39, 0.29) is 82.5 Å². The van der Waals surface area contributed by atoms with Crippen LogP contribution in [-0.4, -0.2) is 14.1 Å². The van der Waals surface area contributed by atoms with Gasteiger partial charge in [0.25, 0.3) is 6.33 Å². The second kappa shape index (κ2) is 19.5. The number of ether oxygens (including phenoxy) is 1. The minimum atomic E-state index is -4.69. The Bertz CT molecular complexity index is 5830. The van der Waals surface area contributed by atoms with Crippen LogP contribution in [0.1, 0.15) is 141 Å². The predicted octanol–water partition coefficient (Wildman–Crippen LogP) is 19.2. The average Bonchev–Trinajstić information content (AvgIpc) is 1.11. The molecule has 0 radical (unpaired) electrons. The third kappa shape index (κ3) is 8.86. The molecule has 5 nitrogen and oxygen atoms in total. The van der Waals surface area contributed by atoms with E-state index in [9.17, 15) is 20.6 Å². The van der Waals surface area contributed by atoms with Crippen LogP contribution in [0.4, 0.5) is 0 Å².